The van der Waals surface area contributed by atoms with Crippen LogP contribution in [0.15, 0.2) is 47.4 Å². The van der Waals surface area contributed by atoms with Crippen molar-refractivity contribution in [2.24, 2.45) is 0 Å². The number of aliphatic hydroxyl groups excluding tert-OH is 1. The summed E-state index contributed by atoms with van der Waals surface area (Å²) < 4.78 is 27.0. The first-order valence-corrected chi connectivity index (χ1v) is 12.6. The highest BCUT2D eigenvalue weighted by molar-refractivity contribution is 7.77. The van der Waals surface area contributed by atoms with Gasteiger partial charge in [-0.15, -0.1) is 0 Å². The Morgan fingerprint density at radius 3 is 2.53 bits per heavy atom. The van der Waals surface area contributed by atoms with E-state index in [2.05, 4.69) is 10.3 Å². The van der Waals surface area contributed by atoms with E-state index in [1.165, 1.54) is 21.1 Å². The normalized spacial score (nSPS) is 26.1. The van der Waals surface area contributed by atoms with Crippen molar-refractivity contribution in [3.63, 3.8) is 0 Å². The fourth-order valence-corrected chi connectivity index (χ4v) is 5.93. The summed E-state index contributed by atoms with van der Waals surface area (Å²) in [5.74, 6) is -0.342. The average Bonchev–Trinajstić information content (AvgIpc) is 3.25. The second-order valence-corrected chi connectivity index (χ2v) is 11.1. The molecule has 4 rings (SSSR count). The quantitative estimate of drug-likeness (QED) is 0.563. The third kappa shape index (κ3) is 5.18. The van der Waals surface area contributed by atoms with Crippen LogP contribution < -0.4 is 11.0 Å². The highest BCUT2D eigenvalue weighted by Gasteiger charge is 2.54. The van der Waals surface area contributed by atoms with Gasteiger partial charge >= 0.3 is 5.69 Å². The zero-order chi connectivity index (χ0) is 26.3. The number of nitrogens with zero attached hydrogens (tertiary/aromatic N) is 3. The lowest BCUT2D eigenvalue weighted by Gasteiger charge is -2.36. The summed E-state index contributed by atoms with van der Waals surface area (Å²) in [5, 5.41) is 13.0. The topological polar surface area (TPSA) is 140 Å². The number of aliphatic hydroxyl groups is 1. The predicted molar refractivity (Wildman–Crippen MR) is 131 cm³/mol. The maximum Gasteiger partial charge on any atom is 0.351 e. The number of carbonyl (C=O) groups is 2. The van der Waals surface area contributed by atoms with E-state index in [-0.39, 0.29) is 31.0 Å². The second kappa shape index (κ2) is 9.94. The Balaban J connectivity index is 1.38. The molecule has 11 nitrogen and oxygen atoms in total. The molecule has 2 N–H and O–H groups in total. The SMILES string of the molecule is CC1(C)CC(=O)C(C)(C)N1S(=O)OC[C@H]1O[C@@H](n2ccc(NC(=O)c3ccccc3)nc2=O)C[C@@H]1O. The van der Waals surface area contributed by atoms with E-state index < -0.39 is 52.4 Å². The molecule has 194 valence electrons. The number of nitrogens with one attached hydrogen (secondary N) is 1. The Hall–Kier alpha value is -2.77. The first kappa shape index (κ1) is 26.3. The number of hydrogen-bond donors (Lipinski definition) is 2. The van der Waals surface area contributed by atoms with Crippen molar-refractivity contribution in [2.45, 2.75) is 70.1 Å². The molecule has 1 aromatic heterocycles. The lowest BCUT2D eigenvalue weighted by atomic mass is 9.99. The zero-order valence-electron chi connectivity index (χ0n) is 20.5. The van der Waals surface area contributed by atoms with Crippen LogP contribution in [0.5, 0.6) is 0 Å². The van der Waals surface area contributed by atoms with Gasteiger partial charge < -0.3 is 15.2 Å². The number of hydrogen-bond acceptors (Lipinski definition) is 8. The fourth-order valence-electron chi connectivity index (χ4n) is 4.63. The molecule has 12 heteroatoms. The molecule has 1 aromatic carbocycles. The Morgan fingerprint density at radius 1 is 1.22 bits per heavy atom. The van der Waals surface area contributed by atoms with Gasteiger partial charge in [0.15, 0.2) is 5.78 Å². The van der Waals surface area contributed by atoms with Crippen molar-refractivity contribution in [3.05, 3.63) is 58.6 Å². The number of benzene rings is 1. The van der Waals surface area contributed by atoms with Crippen LogP contribution in [0.3, 0.4) is 0 Å². The molecular formula is C24H30N4O7S. The summed E-state index contributed by atoms with van der Waals surface area (Å²) in [5.41, 5.74) is -1.85. The minimum atomic E-state index is -1.95. The van der Waals surface area contributed by atoms with Gasteiger partial charge in [0.1, 0.15) is 18.1 Å². The minimum absolute atomic E-state index is 0.0306. The highest BCUT2D eigenvalue weighted by atomic mass is 32.2. The number of carbonyl (C=O) groups excluding carboxylic acids is 2. The number of rotatable bonds is 7. The molecular weight excluding hydrogens is 488 g/mol. The minimum Gasteiger partial charge on any atom is -0.390 e. The first-order valence-electron chi connectivity index (χ1n) is 11.6. The molecule has 0 spiro atoms. The molecule has 4 atom stereocenters. The zero-order valence-corrected chi connectivity index (χ0v) is 21.4. The Bertz CT molecular complexity index is 1230. The number of ketones is 1. The molecule has 2 aliphatic rings. The lowest BCUT2D eigenvalue weighted by molar-refractivity contribution is -0.122. The largest absolute Gasteiger partial charge is 0.390 e. The molecule has 36 heavy (non-hydrogen) atoms. The van der Waals surface area contributed by atoms with Crippen LogP contribution in [-0.4, -0.2) is 64.8 Å². The Labute approximate surface area is 211 Å². The van der Waals surface area contributed by atoms with Crippen molar-refractivity contribution in [2.75, 3.05) is 11.9 Å². The van der Waals surface area contributed by atoms with Crippen molar-refractivity contribution in [1.29, 1.82) is 0 Å². The van der Waals surface area contributed by atoms with E-state index in [0.29, 0.717) is 5.56 Å². The summed E-state index contributed by atoms with van der Waals surface area (Å²) in [4.78, 5) is 41.1. The smallest absolute Gasteiger partial charge is 0.351 e. The third-order valence-electron chi connectivity index (χ3n) is 6.44. The molecule has 0 radical (unpaired) electrons. The summed E-state index contributed by atoms with van der Waals surface area (Å²) in [6.45, 7) is 6.85. The first-order chi connectivity index (χ1) is 16.9. The van der Waals surface area contributed by atoms with Gasteiger partial charge in [-0.2, -0.15) is 9.29 Å². The van der Waals surface area contributed by atoms with Crippen LogP contribution in [0.4, 0.5) is 5.82 Å². The van der Waals surface area contributed by atoms with Crippen molar-refractivity contribution < 1.29 is 27.8 Å². The monoisotopic (exact) mass is 518 g/mol. The van der Waals surface area contributed by atoms with Crippen molar-refractivity contribution in [3.8, 4) is 0 Å². The summed E-state index contributed by atoms with van der Waals surface area (Å²) >= 11 is -1.95. The van der Waals surface area contributed by atoms with E-state index >= 15 is 0 Å². The fraction of sp³-hybridized carbons (Fsp3) is 0.500. The molecule has 0 saturated carbocycles. The van der Waals surface area contributed by atoms with Crippen LogP contribution in [-0.2, 0) is 25.0 Å². The number of anilines is 1. The van der Waals surface area contributed by atoms with E-state index in [9.17, 15) is 23.7 Å². The van der Waals surface area contributed by atoms with Gasteiger partial charge in [-0.05, 0) is 45.9 Å². The van der Waals surface area contributed by atoms with Crippen molar-refractivity contribution >= 4 is 28.8 Å². The van der Waals surface area contributed by atoms with E-state index in [0.717, 1.165) is 0 Å². The Morgan fingerprint density at radius 2 is 1.92 bits per heavy atom. The molecule has 2 aliphatic heterocycles. The second-order valence-electron chi connectivity index (χ2n) is 10.0. The molecule has 2 aromatic rings. The summed E-state index contributed by atoms with van der Waals surface area (Å²) in [7, 11) is 0. The molecule has 0 aliphatic carbocycles. The summed E-state index contributed by atoms with van der Waals surface area (Å²) in [6.07, 6.45) is -0.864. The van der Waals surface area contributed by atoms with Gasteiger partial charge in [0.2, 0.25) is 11.3 Å². The van der Waals surface area contributed by atoms with Gasteiger partial charge in [-0.1, -0.05) is 18.2 Å². The molecule has 3 heterocycles. The van der Waals surface area contributed by atoms with Gasteiger partial charge in [0.25, 0.3) is 5.91 Å². The van der Waals surface area contributed by atoms with Gasteiger partial charge in [-0.25, -0.2) is 9.00 Å². The highest BCUT2D eigenvalue weighted by Crippen LogP contribution is 2.39. The van der Waals surface area contributed by atoms with Gasteiger partial charge in [0.05, 0.1) is 18.2 Å². The predicted octanol–water partition coefficient (Wildman–Crippen LogP) is 1.57. The van der Waals surface area contributed by atoms with E-state index in [1.807, 2.05) is 13.8 Å². The van der Waals surface area contributed by atoms with Crippen LogP contribution in [0.25, 0.3) is 0 Å². The molecule has 2 fully saturated rings. The van der Waals surface area contributed by atoms with Crippen LogP contribution in [0, 0.1) is 0 Å². The van der Waals surface area contributed by atoms with E-state index in [1.54, 1.807) is 44.2 Å². The molecule has 1 unspecified atom stereocenters. The lowest BCUT2D eigenvalue weighted by Crippen LogP contribution is -2.51. The van der Waals surface area contributed by atoms with Crippen molar-refractivity contribution in [1.82, 2.24) is 13.9 Å². The van der Waals surface area contributed by atoms with Crippen LogP contribution >= 0.6 is 0 Å². The number of Topliss-reactive ketones (excluding diaryl/α,β-unsaturated/α-hetero) is 1. The van der Waals surface area contributed by atoms with Crippen LogP contribution in [0.1, 0.15) is 57.1 Å². The average molecular weight is 519 g/mol. The van der Waals surface area contributed by atoms with Gasteiger partial charge in [-0.3, -0.25) is 18.3 Å². The summed E-state index contributed by atoms with van der Waals surface area (Å²) in [6, 6.07) is 9.99. The van der Waals surface area contributed by atoms with E-state index in [4.69, 9.17) is 8.92 Å². The number of aromatic nitrogens is 2. The number of ether oxygens (including phenoxy) is 1. The standard InChI is InChI=1S/C24H30N4O7S/c1-23(2)13-18(30)24(3,4)28(23)36(33)34-14-17-16(29)12-20(35-17)27-11-10-19(26-22(27)32)25-21(31)15-8-6-5-7-9-15/h5-11,16-17,20,29H,12-14H2,1-4H3,(H,25,26,31,32)/t16-,17+,20+,36?/m0/s1. The Kier molecular flexibility index (Phi) is 7.26. The maximum atomic E-state index is 12.9. The molecule has 2 saturated heterocycles. The maximum absolute atomic E-state index is 12.9. The molecule has 0 bridgehead atoms. The third-order valence-corrected chi connectivity index (χ3v) is 8.02. The molecule has 1 amide bonds. The number of amides is 1. The van der Waals surface area contributed by atoms with Crippen LogP contribution in [0.2, 0.25) is 0 Å². The van der Waals surface area contributed by atoms with Gasteiger partial charge in [0, 0.05) is 30.1 Å².